The molecule has 2 N–H and O–H groups in total. The maximum Gasteiger partial charge on any atom is 0.286 e. The number of hydrogen-bond acceptors (Lipinski definition) is 4. The third-order valence-electron chi connectivity index (χ3n) is 6.86. The lowest BCUT2D eigenvalue weighted by Crippen LogP contribution is -2.29. The molecular weight excluding hydrogens is 458 g/mol. The van der Waals surface area contributed by atoms with Gasteiger partial charge in [0.2, 0.25) is 5.95 Å². The highest BCUT2D eigenvalue weighted by Crippen LogP contribution is 2.50. The molecule has 1 aliphatic rings. The molecule has 0 amide bonds. The molecule has 190 valence electrons. The summed E-state index contributed by atoms with van der Waals surface area (Å²) in [5.41, 5.74) is 11.1. The van der Waals surface area contributed by atoms with Crippen LogP contribution in [0, 0.1) is 0 Å². The molecule has 5 nitrogen and oxygen atoms in total. The summed E-state index contributed by atoms with van der Waals surface area (Å²) in [5, 5.41) is 0. The smallest absolute Gasteiger partial charge is 0.286 e. The van der Waals surface area contributed by atoms with Crippen molar-refractivity contribution in [2.45, 2.75) is 57.4 Å². The number of benzene rings is 1. The van der Waals surface area contributed by atoms with E-state index < -0.39 is 11.3 Å². The van der Waals surface area contributed by atoms with Gasteiger partial charge in [-0.2, -0.15) is 8.78 Å². The van der Waals surface area contributed by atoms with E-state index in [0.717, 1.165) is 43.0 Å². The predicted octanol–water partition coefficient (Wildman–Crippen LogP) is 6.20. The van der Waals surface area contributed by atoms with Crippen LogP contribution in [-0.4, -0.2) is 28.3 Å². The van der Waals surface area contributed by atoms with E-state index in [-0.39, 0.29) is 5.69 Å². The normalized spacial score (nSPS) is 20.5. The summed E-state index contributed by atoms with van der Waals surface area (Å²) < 4.78 is 34.9. The van der Waals surface area contributed by atoms with Gasteiger partial charge in [0.25, 0.3) is 5.92 Å². The van der Waals surface area contributed by atoms with E-state index in [1.165, 1.54) is 17.2 Å². The number of pyridine rings is 1. The molecule has 1 aromatic carbocycles. The number of hydrogen-bond donors (Lipinski definition) is 1. The van der Waals surface area contributed by atoms with Crippen molar-refractivity contribution in [1.82, 2.24) is 14.5 Å². The fourth-order valence-corrected chi connectivity index (χ4v) is 5.10. The zero-order valence-electron chi connectivity index (χ0n) is 21.2. The Kier molecular flexibility index (Phi) is 7.69. The minimum atomic E-state index is -2.97. The fraction of sp³-hybridized carbons (Fsp3) is 0.379. The molecule has 1 unspecified atom stereocenters. The maximum atomic E-state index is 13.8. The van der Waals surface area contributed by atoms with Gasteiger partial charge in [0, 0.05) is 31.8 Å². The molecule has 4 rings (SSSR count). The van der Waals surface area contributed by atoms with Crippen molar-refractivity contribution >= 4 is 5.95 Å². The van der Waals surface area contributed by atoms with Crippen molar-refractivity contribution in [2.24, 2.45) is 0 Å². The number of ether oxygens (including phenoxy) is 1. The van der Waals surface area contributed by atoms with Gasteiger partial charge in [-0.05, 0) is 54.0 Å². The highest BCUT2D eigenvalue weighted by atomic mass is 19.3. The Balaban J connectivity index is 1.78. The standard InChI is InChI=1S/C29H34F2N4O/c1-4-8-24-23(14-16-36-3)13-15-29(24,17-22-11-12-25(33-18-22)28(2,30)31)26-20-35(27(32)34-26)19-21-9-6-5-7-10-21/h5-12,14,18,20H,4,13,15-17,19H2,1-3H3,(H2,32,34)/b23-14-,24-8+. The van der Waals surface area contributed by atoms with Gasteiger partial charge >= 0.3 is 0 Å². The van der Waals surface area contributed by atoms with Crippen molar-refractivity contribution in [3.63, 3.8) is 0 Å². The number of halogens is 2. The van der Waals surface area contributed by atoms with Crippen LogP contribution in [0.4, 0.5) is 14.7 Å². The molecule has 36 heavy (non-hydrogen) atoms. The average molecular weight is 493 g/mol. The van der Waals surface area contributed by atoms with Crippen molar-refractivity contribution in [2.75, 3.05) is 19.5 Å². The van der Waals surface area contributed by atoms with E-state index in [1.54, 1.807) is 19.4 Å². The second-order valence-corrected chi connectivity index (χ2v) is 9.51. The summed E-state index contributed by atoms with van der Waals surface area (Å²) in [6.45, 7) is 4.13. The zero-order valence-corrected chi connectivity index (χ0v) is 21.2. The van der Waals surface area contributed by atoms with Crippen molar-refractivity contribution in [3.8, 4) is 0 Å². The third kappa shape index (κ3) is 5.41. The van der Waals surface area contributed by atoms with Gasteiger partial charge in [0.05, 0.1) is 18.8 Å². The van der Waals surface area contributed by atoms with Gasteiger partial charge in [-0.1, -0.05) is 55.5 Å². The summed E-state index contributed by atoms with van der Waals surface area (Å²) >= 11 is 0. The first-order valence-electron chi connectivity index (χ1n) is 12.4. The molecule has 7 heteroatoms. The number of rotatable bonds is 9. The number of methoxy groups -OCH3 is 1. The number of alkyl halides is 2. The van der Waals surface area contributed by atoms with Crippen LogP contribution >= 0.6 is 0 Å². The Hall–Kier alpha value is -3.32. The summed E-state index contributed by atoms with van der Waals surface area (Å²) in [5.74, 6) is -2.52. The number of anilines is 1. The van der Waals surface area contributed by atoms with Crippen molar-refractivity contribution in [1.29, 1.82) is 0 Å². The molecule has 0 radical (unpaired) electrons. The molecule has 0 saturated heterocycles. The molecule has 2 heterocycles. The largest absolute Gasteiger partial charge is 0.381 e. The maximum absolute atomic E-state index is 13.8. The minimum absolute atomic E-state index is 0.229. The van der Waals surface area contributed by atoms with E-state index in [1.807, 2.05) is 29.0 Å². The fourth-order valence-electron chi connectivity index (χ4n) is 5.10. The van der Waals surface area contributed by atoms with Crippen molar-refractivity contribution < 1.29 is 13.5 Å². The summed E-state index contributed by atoms with van der Waals surface area (Å²) in [7, 11) is 1.69. The minimum Gasteiger partial charge on any atom is -0.381 e. The molecule has 0 bridgehead atoms. The van der Waals surface area contributed by atoms with Gasteiger partial charge in [-0.3, -0.25) is 4.98 Å². The number of nitrogens with two attached hydrogens (primary N) is 1. The number of nitrogen functional groups attached to an aromatic ring is 1. The lowest BCUT2D eigenvalue weighted by molar-refractivity contribution is 0.0127. The number of nitrogens with zero attached hydrogens (tertiary/aromatic N) is 3. The Bertz CT molecular complexity index is 1230. The van der Waals surface area contributed by atoms with Crippen LogP contribution in [0.1, 0.15) is 55.6 Å². The summed E-state index contributed by atoms with van der Waals surface area (Å²) in [6, 6.07) is 13.3. The lowest BCUT2D eigenvalue weighted by atomic mass is 9.73. The highest BCUT2D eigenvalue weighted by molar-refractivity contribution is 5.52. The quantitative estimate of drug-likeness (QED) is 0.386. The monoisotopic (exact) mass is 492 g/mol. The number of allylic oxidation sites excluding steroid dienone is 3. The molecule has 2 aromatic heterocycles. The molecule has 0 aliphatic heterocycles. The van der Waals surface area contributed by atoms with E-state index in [0.29, 0.717) is 25.5 Å². The summed E-state index contributed by atoms with van der Waals surface area (Å²) in [4.78, 5) is 8.94. The van der Waals surface area contributed by atoms with E-state index in [2.05, 4.69) is 36.2 Å². The third-order valence-corrected chi connectivity index (χ3v) is 6.86. The average Bonchev–Trinajstić information content (AvgIpc) is 3.39. The van der Waals surface area contributed by atoms with Crippen LogP contribution < -0.4 is 5.73 Å². The van der Waals surface area contributed by atoms with Gasteiger partial charge in [0.1, 0.15) is 5.69 Å². The van der Waals surface area contributed by atoms with E-state index >= 15 is 0 Å². The number of imidazole rings is 1. The molecule has 1 aliphatic carbocycles. The Labute approximate surface area is 211 Å². The lowest BCUT2D eigenvalue weighted by Gasteiger charge is -2.30. The first-order valence-corrected chi connectivity index (χ1v) is 12.4. The summed E-state index contributed by atoms with van der Waals surface area (Å²) in [6.07, 6.45) is 11.2. The molecule has 1 atom stereocenters. The second kappa shape index (κ2) is 10.7. The molecule has 3 aromatic rings. The van der Waals surface area contributed by atoms with Gasteiger partial charge in [-0.25, -0.2) is 4.98 Å². The molecule has 1 fully saturated rings. The van der Waals surface area contributed by atoms with Crippen LogP contribution in [0.25, 0.3) is 0 Å². The molecular formula is C29H34F2N4O. The van der Waals surface area contributed by atoms with Crippen LogP contribution in [0.2, 0.25) is 0 Å². The number of aromatic nitrogens is 3. The first-order chi connectivity index (χ1) is 17.3. The predicted molar refractivity (Wildman–Crippen MR) is 139 cm³/mol. The van der Waals surface area contributed by atoms with E-state index in [9.17, 15) is 8.78 Å². The van der Waals surface area contributed by atoms with Gasteiger partial charge in [-0.15, -0.1) is 0 Å². The zero-order chi connectivity index (χ0) is 25.8. The molecule has 0 spiro atoms. The van der Waals surface area contributed by atoms with E-state index in [4.69, 9.17) is 15.5 Å². The van der Waals surface area contributed by atoms with Crippen molar-refractivity contribution in [3.05, 3.63) is 101 Å². The van der Waals surface area contributed by atoms with Gasteiger partial charge in [0.15, 0.2) is 0 Å². The topological polar surface area (TPSA) is 66.0 Å². The van der Waals surface area contributed by atoms with Crippen LogP contribution in [-0.2, 0) is 29.0 Å². The highest BCUT2D eigenvalue weighted by Gasteiger charge is 2.44. The van der Waals surface area contributed by atoms with Gasteiger partial charge < -0.3 is 15.0 Å². The Morgan fingerprint density at radius 2 is 1.92 bits per heavy atom. The Morgan fingerprint density at radius 3 is 2.56 bits per heavy atom. The van der Waals surface area contributed by atoms with Crippen LogP contribution in [0.3, 0.4) is 0 Å². The first kappa shape index (κ1) is 25.8. The Morgan fingerprint density at radius 1 is 1.14 bits per heavy atom. The SMILES string of the molecule is CC/C=C1\C(=C/COC)CCC1(Cc1ccc(C(C)(F)F)nc1)c1cn(Cc2ccccc2)c(N)n1. The van der Waals surface area contributed by atoms with Crippen LogP contribution in [0.5, 0.6) is 0 Å². The molecule has 1 saturated carbocycles. The van der Waals surface area contributed by atoms with Crippen LogP contribution in [0.15, 0.2) is 78.2 Å². The second-order valence-electron chi connectivity index (χ2n) is 9.51.